The van der Waals surface area contributed by atoms with Gasteiger partial charge in [0, 0.05) is 44.9 Å². The van der Waals surface area contributed by atoms with E-state index in [0.717, 1.165) is 24.0 Å². The summed E-state index contributed by atoms with van der Waals surface area (Å²) in [5.41, 5.74) is 2.78. The molecule has 0 saturated carbocycles. The van der Waals surface area contributed by atoms with Crippen molar-refractivity contribution in [2.45, 2.75) is 44.3 Å². The summed E-state index contributed by atoms with van der Waals surface area (Å²) >= 11 is 0. The Balaban J connectivity index is 1.72. The number of piperidine rings is 1. The van der Waals surface area contributed by atoms with E-state index >= 15 is 0 Å². The quantitative estimate of drug-likeness (QED) is 0.597. The third-order valence-electron chi connectivity index (χ3n) is 6.06. The lowest BCUT2D eigenvalue weighted by Crippen LogP contribution is -2.42. The van der Waals surface area contributed by atoms with Gasteiger partial charge in [-0.3, -0.25) is 9.59 Å². The van der Waals surface area contributed by atoms with Crippen LogP contribution in [0.1, 0.15) is 42.6 Å². The Morgan fingerprint density at radius 3 is 2.15 bits per heavy atom. The fourth-order valence-corrected chi connectivity index (χ4v) is 5.02. The first kappa shape index (κ1) is 25.9. The maximum atomic E-state index is 12.5. The molecule has 0 unspecified atom stereocenters. The monoisotopic (exact) mass is 486 g/mol. The third kappa shape index (κ3) is 6.24. The molecule has 1 aliphatic heterocycles. The van der Waals surface area contributed by atoms with Crippen LogP contribution in [0.3, 0.4) is 0 Å². The largest absolute Gasteiger partial charge is 0.373 e. The van der Waals surface area contributed by atoms with Gasteiger partial charge in [-0.25, -0.2) is 8.42 Å². The fraction of sp³-hybridized carbons (Fsp3) is 0.462. The standard InChI is InChI=1S/C26H34N2O5S/c1-18(2)25(29)28-14-12-23(13-15-28)33-17-22-11-10-21(16-24(22)34(5,31)32)19-6-8-20(9-7-19)26(30)27(3)4/h6-11,16,18,23H,12-15,17H2,1-5H3. The minimum absolute atomic E-state index is 0.00919. The maximum absolute atomic E-state index is 12.5. The predicted molar refractivity (Wildman–Crippen MR) is 132 cm³/mol. The Kier molecular flexibility index (Phi) is 8.15. The molecule has 7 nitrogen and oxygen atoms in total. The summed E-state index contributed by atoms with van der Waals surface area (Å²) in [5, 5.41) is 0. The highest BCUT2D eigenvalue weighted by atomic mass is 32.2. The van der Waals surface area contributed by atoms with E-state index in [1.807, 2.05) is 36.9 Å². The van der Waals surface area contributed by atoms with E-state index < -0.39 is 9.84 Å². The lowest BCUT2D eigenvalue weighted by molar-refractivity contribution is -0.137. The molecule has 1 heterocycles. The smallest absolute Gasteiger partial charge is 0.253 e. The maximum Gasteiger partial charge on any atom is 0.253 e. The number of amides is 2. The zero-order valence-corrected chi connectivity index (χ0v) is 21.4. The Hall–Kier alpha value is -2.71. The molecule has 1 fully saturated rings. The lowest BCUT2D eigenvalue weighted by Gasteiger charge is -2.33. The van der Waals surface area contributed by atoms with E-state index in [-0.39, 0.29) is 35.3 Å². The van der Waals surface area contributed by atoms with Crippen molar-refractivity contribution in [3.63, 3.8) is 0 Å². The van der Waals surface area contributed by atoms with Crippen LogP contribution in [0.4, 0.5) is 0 Å². The minimum atomic E-state index is -3.47. The molecule has 0 atom stereocenters. The van der Waals surface area contributed by atoms with E-state index in [1.54, 1.807) is 38.4 Å². The molecule has 0 N–H and O–H groups in total. The normalized spacial score (nSPS) is 14.9. The van der Waals surface area contributed by atoms with Gasteiger partial charge in [-0.05, 0) is 47.7 Å². The van der Waals surface area contributed by atoms with Crippen LogP contribution in [0.5, 0.6) is 0 Å². The van der Waals surface area contributed by atoms with Crippen LogP contribution in [-0.2, 0) is 26.0 Å². The van der Waals surface area contributed by atoms with Crippen molar-refractivity contribution in [2.24, 2.45) is 5.92 Å². The third-order valence-corrected chi connectivity index (χ3v) is 7.24. The Labute approximate surface area is 202 Å². The minimum Gasteiger partial charge on any atom is -0.373 e. The van der Waals surface area contributed by atoms with Crippen LogP contribution >= 0.6 is 0 Å². The summed E-state index contributed by atoms with van der Waals surface area (Å²) in [5.74, 6) is 0.0563. The molecule has 0 bridgehead atoms. The van der Waals surface area contributed by atoms with Crippen molar-refractivity contribution in [1.29, 1.82) is 0 Å². The molecule has 0 aliphatic carbocycles. The molecule has 3 rings (SSSR count). The van der Waals surface area contributed by atoms with Crippen molar-refractivity contribution < 1.29 is 22.7 Å². The first-order chi connectivity index (χ1) is 16.0. The van der Waals surface area contributed by atoms with Gasteiger partial charge >= 0.3 is 0 Å². The van der Waals surface area contributed by atoms with Crippen molar-refractivity contribution in [2.75, 3.05) is 33.4 Å². The van der Waals surface area contributed by atoms with Crippen LogP contribution in [-0.4, -0.2) is 69.6 Å². The summed E-state index contributed by atoms with van der Waals surface area (Å²) in [7, 11) is -0.0762. The molecular formula is C26H34N2O5S. The number of carbonyl (C=O) groups is 2. The molecule has 1 saturated heterocycles. The highest BCUT2D eigenvalue weighted by molar-refractivity contribution is 7.90. The van der Waals surface area contributed by atoms with Crippen molar-refractivity contribution in [3.8, 4) is 11.1 Å². The van der Waals surface area contributed by atoms with Crippen LogP contribution in [0.25, 0.3) is 11.1 Å². The van der Waals surface area contributed by atoms with Gasteiger partial charge in [-0.15, -0.1) is 0 Å². The van der Waals surface area contributed by atoms with Crippen molar-refractivity contribution in [3.05, 3.63) is 53.6 Å². The van der Waals surface area contributed by atoms with Gasteiger partial charge in [0.15, 0.2) is 9.84 Å². The van der Waals surface area contributed by atoms with Gasteiger partial charge in [0.1, 0.15) is 0 Å². The Morgan fingerprint density at radius 1 is 1.03 bits per heavy atom. The van der Waals surface area contributed by atoms with Crippen molar-refractivity contribution in [1.82, 2.24) is 9.80 Å². The predicted octanol–water partition coefficient (Wildman–Crippen LogP) is 3.62. The summed E-state index contributed by atoms with van der Waals surface area (Å²) in [6, 6.07) is 12.5. The number of likely N-dealkylation sites (tertiary alicyclic amines) is 1. The summed E-state index contributed by atoms with van der Waals surface area (Å²) in [6.07, 6.45) is 2.67. The number of carbonyl (C=O) groups excluding carboxylic acids is 2. The summed E-state index contributed by atoms with van der Waals surface area (Å²) in [4.78, 5) is 27.9. The average molecular weight is 487 g/mol. The number of sulfone groups is 1. The Bertz CT molecular complexity index is 1130. The number of hydrogen-bond donors (Lipinski definition) is 0. The first-order valence-corrected chi connectivity index (χ1v) is 13.4. The number of hydrogen-bond acceptors (Lipinski definition) is 5. The van der Waals surface area contributed by atoms with E-state index in [0.29, 0.717) is 24.2 Å². The molecule has 2 amide bonds. The van der Waals surface area contributed by atoms with E-state index in [9.17, 15) is 18.0 Å². The van der Waals surface area contributed by atoms with Gasteiger partial charge in [-0.2, -0.15) is 0 Å². The summed E-state index contributed by atoms with van der Waals surface area (Å²) < 4.78 is 31.1. The van der Waals surface area contributed by atoms with Gasteiger partial charge in [-0.1, -0.05) is 38.1 Å². The van der Waals surface area contributed by atoms with E-state index in [1.165, 1.54) is 11.2 Å². The molecular weight excluding hydrogens is 452 g/mol. The molecule has 0 spiro atoms. The topological polar surface area (TPSA) is 84.0 Å². The number of rotatable bonds is 7. The van der Waals surface area contributed by atoms with Crippen LogP contribution in [0, 0.1) is 5.92 Å². The highest BCUT2D eigenvalue weighted by Gasteiger charge is 2.25. The molecule has 1 aliphatic rings. The van der Waals surface area contributed by atoms with Crippen LogP contribution in [0.15, 0.2) is 47.4 Å². The summed E-state index contributed by atoms with van der Waals surface area (Å²) in [6.45, 7) is 5.32. The van der Waals surface area contributed by atoms with Crippen LogP contribution < -0.4 is 0 Å². The van der Waals surface area contributed by atoms with Crippen molar-refractivity contribution >= 4 is 21.7 Å². The van der Waals surface area contributed by atoms with E-state index in [4.69, 9.17) is 4.74 Å². The molecule has 8 heteroatoms. The molecule has 184 valence electrons. The average Bonchev–Trinajstić information content (AvgIpc) is 2.81. The second kappa shape index (κ2) is 10.7. The van der Waals surface area contributed by atoms with Gasteiger partial charge in [0.2, 0.25) is 5.91 Å². The SMILES string of the molecule is CC(C)C(=O)N1CCC(OCc2ccc(-c3ccc(C(=O)N(C)C)cc3)cc2S(C)(=O)=O)CC1. The van der Waals surface area contributed by atoms with Crippen LogP contribution in [0.2, 0.25) is 0 Å². The second-order valence-electron chi connectivity index (χ2n) is 9.36. The lowest BCUT2D eigenvalue weighted by atomic mass is 10.0. The Morgan fingerprint density at radius 2 is 1.62 bits per heavy atom. The molecule has 0 aromatic heterocycles. The van der Waals surface area contributed by atoms with Gasteiger partial charge in [0.25, 0.3) is 5.91 Å². The van der Waals surface area contributed by atoms with Gasteiger partial charge in [0.05, 0.1) is 17.6 Å². The molecule has 2 aromatic rings. The first-order valence-electron chi connectivity index (χ1n) is 11.5. The zero-order chi connectivity index (χ0) is 25.0. The molecule has 2 aromatic carbocycles. The highest BCUT2D eigenvalue weighted by Crippen LogP contribution is 2.27. The number of ether oxygens (including phenoxy) is 1. The van der Waals surface area contributed by atoms with Gasteiger partial charge < -0.3 is 14.5 Å². The van der Waals surface area contributed by atoms with E-state index in [2.05, 4.69) is 0 Å². The fourth-order valence-electron chi connectivity index (χ4n) is 4.08. The number of nitrogens with zero attached hydrogens (tertiary/aromatic N) is 2. The second-order valence-corrected chi connectivity index (χ2v) is 11.3. The number of benzene rings is 2. The molecule has 34 heavy (non-hydrogen) atoms. The molecule has 0 radical (unpaired) electrons. The zero-order valence-electron chi connectivity index (χ0n) is 20.6.